The molecule has 3 nitrogen and oxygen atoms in total. The average molecular weight is 183 g/mol. The van der Waals surface area contributed by atoms with Crippen LogP contribution in [0.2, 0.25) is 0 Å². The van der Waals surface area contributed by atoms with Crippen LogP contribution in [0.4, 0.5) is 0 Å². The number of rotatable bonds is 1. The van der Waals surface area contributed by atoms with E-state index in [0.29, 0.717) is 5.56 Å². The summed E-state index contributed by atoms with van der Waals surface area (Å²) in [6.45, 7) is 1.92. The summed E-state index contributed by atoms with van der Waals surface area (Å²) in [5.74, 6) is -0.875. The fraction of sp³-hybridized carbons (Fsp3) is 0.125. The monoisotopic (exact) mass is 183 g/mol. The lowest BCUT2D eigenvalue weighted by Gasteiger charge is -1.92. The van der Waals surface area contributed by atoms with Gasteiger partial charge in [0.05, 0.1) is 5.56 Å². The second-order valence-electron chi connectivity index (χ2n) is 2.17. The fourth-order valence-electron chi connectivity index (χ4n) is 0.696. The number of carboxylic acid groups (broad SMARTS) is 1. The van der Waals surface area contributed by atoms with Crippen molar-refractivity contribution in [3.05, 3.63) is 35.4 Å². The van der Waals surface area contributed by atoms with E-state index in [1.54, 1.807) is 24.3 Å². The number of carbonyl (C=O) groups is 1. The summed E-state index contributed by atoms with van der Waals surface area (Å²) in [4.78, 5) is 10.3. The molecule has 3 N–H and O–H groups in total. The molecule has 1 aromatic carbocycles. The highest BCUT2D eigenvalue weighted by molar-refractivity contribution is 5.87. The van der Waals surface area contributed by atoms with Crippen molar-refractivity contribution in [3.63, 3.8) is 0 Å². The molecule has 0 aromatic heterocycles. The maximum Gasteiger partial charge on any atom is 0.335 e. The van der Waals surface area contributed by atoms with Gasteiger partial charge in [-0.25, -0.2) is 4.79 Å². The Hall–Kier alpha value is -0.818. The molecule has 0 saturated carbocycles. The first-order valence-electron chi connectivity index (χ1n) is 3.00. The van der Waals surface area contributed by atoms with Gasteiger partial charge in [0.15, 0.2) is 0 Å². The van der Waals surface area contributed by atoms with Crippen LogP contribution >= 0.6 is 0 Å². The van der Waals surface area contributed by atoms with Crippen LogP contribution < -0.4 is 0 Å². The molecule has 0 unspecified atom stereocenters. The van der Waals surface area contributed by atoms with E-state index in [-0.39, 0.29) is 22.8 Å². The van der Waals surface area contributed by atoms with Crippen LogP contribution in [-0.2, 0) is 0 Å². The SMILES string of the molecule is Cc1ccc(C(=O)O)cc1.O.[AlH2]. The predicted molar refractivity (Wildman–Crippen MR) is 50.3 cm³/mol. The Balaban J connectivity index is 0. The maximum absolute atomic E-state index is 10.3. The number of hydrogen-bond acceptors (Lipinski definition) is 1. The second-order valence-corrected chi connectivity index (χ2v) is 2.17. The van der Waals surface area contributed by atoms with Gasteiger partial charge >= 0.3 is 5.97 Å². The summed E-state index contributed by atoms with van der Waals surface area (Å²) < 4.78 is 0. The molecular formula is C8H12AlO3. The highest BCUT2D eigenvalue weighted by atomic mass is 27.0. The van der Waals surface area contributed by atoms with Gasteiger partial charge in [0.1, 0.15) is 17.4 Å². The third kappa shape index (κ3) is 3.54. The van der Waals surface area contributed by atoms with Crippen molar-refractivity contribution in [2.45, 2.75) is 6.92 Å². The van der Waals surface area contributed by atoms with Crippen LogP contribution in [0.25, 0.3) is 0 Å². The van der Waals surface area contributed by atoms with Gasteiger partial charge in [-0.05, 0) is 19.1 Å². The van der Waals surface area contributed by atoms with Crippen LogP contribution in [0.15, 0.2) is 24.3 Å². The number of aromatic carboxylic acids is 1. The number of carboxylic acids is 1. The molecular weight excluding hydrogens is 171 g/mol. The Morgan fingerprint density at radius 3 is 2.00 bits per heavy atom. The molecule has 4 heteroatoms. The molecule has 0 atom stereocenters. The summed E-state index contributed by atoms with van der Waals surface area (Å²) in [7, 11) is 0. The van der Waals surface area contributed by atoms with Gasteiger partial charge in [-0.15, -0.1) is 0 Å². The molecule has 0 aliphatic rings. The number of aryl methyl sites for hydroxylation is 1. The van der Waals surface area contributed by atoms with E-state index in [1.165, 1.54) is 0 Å². The first-order valence-corrected chi connectivity index (χ1v) is 3.00. The lowest BCUT2D eigenvalue weighted by molar-refractivity contribution is 0.0697. The number of hydrogen-bond donors (Lipinski definition) is 1. The Kier molecular flexibility index (Phi) is 6.63. The summed E-state index contributed by atoms with van der Waals surface area (Å²) in [6, 6.07) is 6.75. The Morgan fingerprint density at radius 2 is 1.67 bits per heavy atom. The predicted octanol–water partition coefficient (Wildman–Crippen LogP) is -0.0477. The highest BCUT2D eigenvalue weighted by Crippen LogP contribution is 2.01. The minimum Gasteiger partial charge on any atom is -0.478 e. The topological polar surface area (TPSA) is 68.8 Å². The molecule has 1 radical (unpaired) electrons. The highest BCUT2D eigenvalue weighted by Gasteiger charge is 1.98. The van der Waals surface area contributed by atoms with Crippen molar-refractivity contribution in [1.29, 1.82) is 0 Å². The van der Waals surface area contributed by atoms with Crippen LogP contribution in [0.1, 0.15) is 15.9 Å². The summed E-state index contributed by atoms with van der Waals surface area (Å²) in [5, 5.41) is 8.48. The maximum atomic E-state index is 10.3. The van der Waals surface area contributed by atoms with Crippen molar-refractivity contribution in [1.82, 2.24) is 0 Å². The molecule has 0 heterocycles. The third-order valence-corrected chi connectivity index (χ3v) is 1.30. The zero-order valence-corrected chi connectivity index (χ0v) is 9.16. The zero-order valence-electron chi connectivity index (χ0n) is 7.16. The average Bonchev–Trinajstić information content (AvgIpc) is 1.88. The molecule has 1 rings (SSSR count). The summed E-state index contributed by atoms with van der Waals surface area (Å²) in [5.41, 5.74) is 1.41. The van der Waals surface area contributed by atoms with E-state index in [4.69, 9.17) is 5.11 Å². The van der Waals surface area contributed by atoms with E-state index in [0.717, 1.165) is 5.56 Å². The van der Waals surface area contributed by atoms with E-state index < -0.39 is 5.97 Å². The molecule has 0 fully saturated rings. The van der Waals surface area contributed by atoms with Gasteiger partial charge in [0.25, 0.3) is 0 Å². The summed E-state index contributed by atoms with van der Waals surface area (Å²) in [6.07, 6.45) is 0. The van der Waals surface area contributed by atoms with Crippen LogP contribution in [0.5, 0.6) is 0 Å². The minimum atomic E-state index is -0.875. The van der Waals surface area contributed by atoms with Crippen LogP contribution in [-0.4, -0.2) is 33.9 Å². The Labute approximate surface area is 81.5 Å². The molecule has 12 heavy (non-hydrogen) atoms. The summed E-state index contributed by atoms with van der Waals surface area (Å²) >= 11 is 0. The first kappa shape index (κ1) is 13.8. The normalized spacial score (nSPS) is 7.75. The van der Waals surface area contributed by atoms with Gasteiger partial charge in [-0.1, -0.05) is 17.7 Å². The van der Waals surface area contributed by atoms with Crippen molar-refractivity contribution >= 4 is 23.3 Å². The molecule has 0 spiro atoms. The van der Waals surface area contributed by atoms with E-state index in [2.05, 4.69) is 0 Å². The molecule has 1 aromatic rings. The van der Waals surface area contributed by atoms with Gasteiger partial charge in [0, 0.05) is 0 Å². The smallest absolute Gasteiger partial charge is 0.335 e. The Bertz CT molecular complexity index is 243. The lowest BCUT2D eigenvalue weighted by Crippen LogP contribution is -1.94. The number of benzene rings is 1. The van der Waals surface area contributed by atoms with Crippen LogP contribution in [0, 0.1) is 6.92 Å². The van der Waals surface area contributed by atoms with Gasteiger partial charge in [-0.2, -0.15) is 0 Å². The van der Waals surface area contributed by atoms with E-state index >= 15 is 0 Å². The minimum absolute atomic E-state index is 0. The van der Waals surface area contributed by atoms with Crippen molar-refractivity contribution in [3.8, 4) is 0 Å². The standard InChI is InChI=1S/C8H8O2.Al.H2O.2H/c1-6-2-4-7(5-3-6)8(9)10;;;;/h2-5H,1H3,(H,9,10);;1H2;;. The zero-order chi connectivity index (χ0) is 7.56. The van der Waals surface area contributed by atoms with Crippen molar-refractivity contribution < 1.29 is 15.4 Å². The van der Waals surface area contributed by atoms with Crippen molar-refractivity contribution in [2.75, 3.05) is 0 Å². The quantitative estimate of drug-likeness (QED) is 0.620. The van der Waals surface area contributed by atoms with Gasteiger partial charge in [-0.3, -0.25) is 0 Å². The van der Waals surface area contributed by atoms with Crippen molar-refractivity contribution in [2.24, 2.45) is 0 Å². The van der Waals surface area contributed by atoms with Gasteiger partial charge < -0.3 is 10.6 Å². The molecule has 0 aliphatic heterocycles. The first-order chi connectivity index (χ1) is 4.70. The molecule has 0 aliphatic carbocycles. The third-order valence-electron chi connectivity index (χ3n) is 1.30. The fourth-order valence-corrected chi connectivity index (χ4v) is 0.696. The molecule has 0 bridgehead atoms. The largest absolute Gasteiger partial charge is 0.478 e. The van der Waals surface area contributed by atoms with E-state index in [1.807, 2.05) is 6.92 Å². The van der Waals surface area contributed by atoms with Gasteiger partial charge in [0.2, 0.25) is 0 Å². The van der Waals surface area contributed by atoms with E-state index in [9.17, 15) is 4.79 Å². The lowest BCUT2D eigenvalue weighted by atomic mass is 10.2. The van der Waals surface area contributed by atoms with Crippen LogP contribution in [0.3, 0.4) is 0 Å². The Morgan fingerprint density at radius 1 is 1.25 bits per heavy atom. The second kappa shape index (κ2) is 5.78. The molecule has 65 valence electrons. The molecule has 0 amide bonds. The molecule has 0 saturated heterocycles.